The van der Waals surface area contributed by atoms with Gasteiger partial charge in [0.05, 0.1) is 29.4 Å². The average Bonchev–Trinajstić information content (AvgIpc) is 3.05. The topological polar surface area (TPSA) is 139 Å². The average molecular weight is 387 g/mol. The summed E-state index contributed by atoms with van der Waals surface area (Å²) in [6.07, 6.45) is 0.433. The zero-order valence-electron chi connectivity index (χ0n) is 13.1. The Labute approximate surface area is 145 Å². The maximum Gasteiger partial charge on any atom is 0.241 e. The van der Waals surface area contributed by atoms with Crippen LogP contribution < -0.4 is 15.4 Å². The van der Waals surface area contributed by atoms with Gasteiger partial charge in [-0.3, -0.25) is 9.59 Å². The van der Waals surface area contributed by atoms with Crippen molar-refractivity contribution in [1.82, 2.24) is 10.0 Å². The van der Waals surface area contributed by atoms with Crippen molar-refractivity contribution in [2.24, 2.45) is 0 Å². The van der Waals surface area contributed by atoms with Crippen LogP contribution in [0, 0.1) is 0 Å². The Hall–Kier alpha value is -1.98. The van der Waals surface area contributed by atoms with E-state index in [0.29, 0.717) is 17.7 Å². The Balaban J connectivity index is 1.60. The molecule has 25 heavy (non-hydrogen) atoms. The van der Waals surface area contributed by atoms with Gasteiger partial charge in [0.1, 0.15) is 0 Å². The number of carbonyl (C=O) groups excluding carboxylic acids is 2. The summed E-state index contributed by atoms with van der Waals surface area (Å²) < 4.78 is 49.4. The van der Waals surface area contributed by atoms with Gasteiger partial charge >= 0.3 is 0 Å². The monoisotopic (exact) mass is 387 g/mol. The molecule has 2 aliphatic rings. The number of sulfone groups is 1. The first-order chi connectivity index (χ1) is 11.6. The summed E-state index contributed by atoms with van der Waals surface area (Å²) in [7, 11) is -7.04. The van der Waals surface area contributed by atoms with Gasteiger partial charge in [-0.2, -0.15) is 0 Å². The molecule has 2 heterocycles. The zero-order chi connectivity index (χ0) is 18.2. The molecule has 9 nitrogen and oxygen atoms in total. The van der Waals surface area contributed by atoms with Gasteiger partial charge in [-0.25, -0.2) is 21.6 Å². The highest BCUT2D eigenvalue weighted by Gasteiger charge is 2.29. The first-order valence-corrected chi connectivity index (χ1v) is 10.9. The zero-order valence-corrected chi connectivity index (χ0v) is 14.7. The molecule has 0 saturated carbocycles. The van der Waals surface area contributed by atoms with E-state index in [9.17, 15) is 26.4 Å². The second-order valence-corrected chi connectivity index (χ2v) is 10.0. The third-order valence-electron chi connectivity index (χ3n) is 4.03. The van der Waals surface area contributed by atoms with E-state index in [2.05, 4.69) is 15.4 Å². The van der Waals surface area contributed by atoms with Crippen LogP contribution in [0.15, 0.2) is 23.1 Å². The highest BCUT2D eigenvalue weighted by atomic mass is 32.2. The largest absolute Gasteiger partial charge is 0.351 e. The van der Waals surface area contributed by atoms with Crippen molar-refractivity contribution < 1.29 is 26.4 Å². The Morgan fingerprint density at radius 2 is 2.08 bits per heavy atom. The number of hydrogen-bond donors (Lipinski definition) is 3. The Kier molecular flexibility index (Phi) is 4.56. The first-order valence-electron chi connectivity index (χ1n) is 7.57. The van der Waals surface area contributed by atoms with Gasteiger partial charge in [0.2, 0.25) is 21.8 Å². The summed E-state index contributed by atoms with van der Waals surface area (Å²) in [6, 6.07) is 3.74. The molecule has 1 atom stereocenters. The first kappa shape index (κ1) is 17.8. The van der Waals surface area contributed by atoms with E-state index in [1.165, 1.54) is 18.2 Å². The fraction of sp³-hybridized carbons (Fsp3) is 0.429. The second kappa shape index (κ2) is 6.39. The molecule has 3 N–H and O–H groups in total. The molecule has 2 aliphatic heterocycles. The molecule has 1 saturated heterocycles. The molecule has 1 fully saturated rings. The van der Waals surface area contributed by atoms with Crippen LogP contribution in [0.25, 0.3) is 0 Å². The minimum Gasteiger partial charge on any atom is -0.351 e. The second-order valence-electron chi connectivity index (χ2n) is 6.04. The number of carbonyl (C=O) groups is 2. The van der Waals surface area contributed by atoms with Crippen LogP contribution in [0.1, 0.15) is 12.0 Å². The smallest absolute Gasteiger partial charge is 0.241 e. The van der Waals surface area contributed by atoms with E-state index in [1.807, 2.05) is 0 Å². The van der Waals surface area contributed by atoms with E-state index in [0.717, 1.165) is 0 Å². The van der Waals surface area contributed by atoms with Crippen LogP contribution in [-0.4, -0.2) is 52.7 Å². The van der Waals surface area contributed by atoms with Crippen molar-refractivity contribution in [3.05, 3.63) is 23.8 Å². The molecule has 1 aromatic carbocycles. The summed E-state index contributed by atoms with van der Waals surface area (Å²) >= 11 is 0. The number of fused-ring (bicyclic) bond motifs is 1. The quantitative estimate of drug-likeness (QED) is 0.578. The maximum atomic E-state index is 12.3. The summed E-state index contributed by atoms with van der Waals surface area (Å²) in [5.74, 6) is -0.907. The highest BCUT2D eigenvalue weighted by Crippen LogP contribution is 2.25. The minimum absolute atomic E-state index is 0.0194. The van der Waals surface area contributed by atoms with Crippen LogP contribution in [0.2, 0.25) is 0 Å². The van der Waals surface area contributed by atoms with Crippen LogP contribution >= 0.6 is 0 Å². The van der Waals surface area contributed by atoms with Crippen molar-refractivity contribution in [3.8, 4) is 0 Å². The summed E-state index contributed by atoms with van der Waals surface area (Å²) in [4.78, 5) is 23.1. The van der Waals surface area contributed by atoms with Crippen LogP contribution in [0.5, 0.6) is 0 Å². The molecule has 0 aromatic heterocycles. The van der Waals surface area contributed by atoms with Gasteiger partial charge in [0, 0.05) is 11.7 Å². The third kappa shape index (κ3) is 4.17. The molecule has 11 heteroatoms. The summed E-state index contributed by atoms with van der Waals surface area (Å²) in [5, 5.41) is 5.11. The lowest BCUT2D eigenvalue weighted by Crippen LogP contribution is -2.42. The normalized spacial score (nSPS) is 21.6. The van der Waals surface area contributed by atoms with Gasteiger partial charge in [0.25, 0.3) is 0 Å². The van der Waals surface area contributed by atoms with Gasteiger partial charge in [-0.05, 0) is 30.2 Å². The van der Waals surface area contributed by atoms with Gasteiger partial charge in [-0.1, -0.05) is 0 Å². The van der Waals surface area contributed by atoms with E-state index >= 15 is 0 Å². The SMILES string of the molecule is O=C1Cc2cc(S(=O)(=O)NCC(=O)NC3CCS(=O)(=O)C3)ccc2N1. The standard InChI is InChI=1S/C14H17N3O6S2/c18-13-6-9-5-11(1-2-12(9)17-13)25(22,23)15-7-14(19)16-10-3-4-24(20,21)8-10/h1-2,5,10,15H,3-4,6-8H2,(H,16,19)(H,17,18). The molecule has 2 amide bonds. The molecule has 0 aliphatic carbocycles. The molecule has 3 rings (SSSR count). The summed E-state index contributed by atoms with van der Waals surface area (Å²) in [6.45, 7) is -0.493. The number of benzene rings is 1. The van der Waals surface area contributed by atoms with Gasteiger partial charge in [-0.15, -0.1) is 0 Å². The molecule has 136 valence electrons. The lowest BCUT2D eigenvalue weighted by Gasteiger charge is -2.12. The number of amides is 2. The van der Waals surface area contributed by atoms with Crippen molar-refractivity contribution in [2.75, 3.05) is 23.4 Å². The fourth-order valence-corrected chi connectivity index (χ4v) is 5.51. The maximum absolute atomic E-state index is 12.3. The minimum atomic E-state index is -3.92. The number of anilines is 1. The van der Waals surface area contributed by atoms with E-state index in [4.69, 9.17) is 0 Å². The number of nitrogens with one attached hydrogen (secondary N) is 3. The summed E-state index contributed by atoms with van der Waals surface area (Å²) in [5.41, 5.74) is 1.15. The number of rotatable bonds is 5. The lowest BCUT2D eigenvalue weighted by atomic mass is 10.2. The van der Waals surface area contributed by atoms with Crippen molar-refractivity contribution in [1.29, 1.82) is 0 Å². The molecule has 0 spiro atoms. The highest BCUT2D eigenvalue weighted by molar-refractivity contribution is 7.91. The van der Waals surface area contributed by atoms with Crippen molar-refractivity contribution in [2.45, 2.75) is 23.8 Å². The molecular weight excluding hydrogens is 370 g/mol. The van der Waals surface area contributed by atoms with Gasteiger partial charge < -0.3 is 10.6 Å². The van der Waals surface area contributed by atoms with Crippen molar-refractivity contribution >= 4 is 37.4 Å². The molecule has 1 unspecified atom stereocenters. The molecule has 1 aromatic rings. The van der Waals surface area contributed by atoms with Crippen LogP contribution in [0.4, 0.5) is 5.69 Å². The Morgan fingerprint density at radius 3 is 2.76 bits per heavy atom. The number of hydrogen-bond acceptors (Lipinski definition) is 6. The van der Waals surface area contributed by atoms with Gasteiger partial charge in [0.15, 0.2) is 9.84 Å². The Morgan fingerprint density at radius 1 is 1.32 bits per heavy atom. The van der Waals surface area contributed by atoms with Crippen molar-refractivity contribution in [3.63, 3.8) is 0 Å². The molecular formula is C14H17N3O6S2. The predicted molar refractivity (Wildman–Crippen MR) is 89.2 cm³/mol. The molecule has 0 bridgehead atoms. The fourth-order valence-electron chi connectivity index (χ4n) is 2.80. The third-order valence-corrected chi connectivity index (χ3v) is 7.20. The van der Waals surface area contributed by atoms with E-state index < -0.39 is 38.4 Å². The predicted octanol–water partition coefficient (Wildman–Crippen LogP) is -1.24. The molecule has 0 radical (unpaired) electrons. The Bertz CT molecular complexity index is 939. The van der Waals surface area contributed by atoms with Crippen LogP contribution in [0.3, 0.4) is 0 Å². The number of sulfonamides is 1. The van der Waals surface area contributed by atoms with E-state index in [-0.39, 0.29) is 28.7 Å². The van der Waals surface area contributed by atoms with Crippen LogP contribution in [-0.2, 0) is 35.9 Å². The lowest BCUT2D eigenvalue weighted by molar-refractivity contribution is -0.120. The van der Waals surface area contributed by atoms with E-state index in [1.54, 1.807) is 0 Å².